The van der Waals surface area contributed by atoms with Crippen molar-refractivity contribution in [2.24, 2.45) is 0 Å². The molecule has 0 aromatic carbocycles. The number of rotatable bonds is 2. The molecule has 4 nitrogen and oxygen atoms in total. The van der Waals surface area contributed by atoms with Crippen molar-refractivity contribution in [3.05, 3.63) is 0 Å². The Morgan fingerprint density at radius 3 is 1.91 bits per heavy atom. The van der Waals surface area contributed by atoms with Crippen molar-refractivity contribution in [3.63, 3.8) is 0 Å². The van der Waals surface area contributed by atoms with Gasteiger partial charge in [-0.3, -0.25) is 10.6 Å². The first kappa shape index (κ1) is 7.90. The zero-order chi connectivity index (χ0) is 7.52. The normalized spacial score (nSPS) is 39.3. The number of nitrogens with one attached hydrogen (secondary N) is 2. The number of ether oxygens (including phenoxy) is 2. The molecule has 2 N–H and O–H groups in total. The average molecular weight is 176 g/mol. The Labute approximate surface area is 67.8 Å². The van der Waals surface area contributed by atoms with Gasteiger partial charge in [-0.05, 0) is 8.58 Å². The summed E-state index contributed by atoms with van der Waals surface area (Å²) in [4.78, 5) is 0. The van der Waals surface area contributed by atoms with Crippen LogP contribution in [-0.2, 0) is 9.47 Å². The van der Waals surface area contributed by atoms with Crippen LogP contribution in [-0.4, -0.2) is 38.2 Å². The predicted octanol–water partition coefficient (Wildman–Crippen LogP) is -0.528. The highest BCUT2D eigenvalue weighted by Gasteiger charge is 2.22. The molecule has 5 heteroatoms. The van der Waals surface area contributed by atoms with Crippen LogP contribution >= 0.6 is 8.58 Å². The molecule has 11 heavy (non-hydrogen) atoms. The molecule has 0 radical (unpaired) electrons. The first-order valence-corrected chi connectivity index (χ1v) is 5.07. The van der Waals surface area contributed by atoms with E-state index in [1.165, 1.54) is 0 Å². The summed E-state index contributed by atoms with van der Waals surface area (Å²) < 4.78 is 10.8. The van der Waals surface area contributed by atoms with Gasteiger partial charge in [0.25, 0.3) is 0 Å². The van der Waals surface area contributed by atoms with Crippen molar-refractivity contribution in [2.75, 3.05) is 26.3 Å². The molecule has 2 saturated heterocycles. The molecular weight excluding hydrogens is 163 g/mol. The lowest BCUT2D eigenvalue weighted by atomic mass is 10.7. The predicted molar refractivity (Wildman–Crippen MR) is 43.8 cm³/mol. The molecule has 0 saturated carbocycles. The summed E-state index contributed by atoms with van der Waals surface area (Å²) in [7, 11) is 0.673. The number of hydrogen-bond acceptors (Lipinski definition) is 4. The summed E-state index contributed by atoms with van der Waals surface area (Å²) in [5.74, 6) is 0.455. The highest BCUT2D eigenvalue weighted by Crippen LogP contribution is 2.27. The maximum Gasteiger partial charge on any atom is 0.128 e. The standard InChI is InChI=1S/C6H13N2O2P/c1-3-9-5(7-1)11-6-8-2-4-10-6/h5-8,11H,1-4H2. The van der Waals surface area contributed by atoms with Crippen LogP contribution in [0.25, 0.3) is 0 Å². The van der Waals surface area contributed by atoms with Gasteiger partial charge in [-0.15, -0.1) is 0 Å². The SMILES string of the molecule is C1COC(PC2NCCO2)N1. The van der Waals surface area contributed by atoms with E-state index in [-0.39, 0.29) is 11.9 Å². The van der Waals surface area contributed by atoms with Crippen LogP contribution < -0.4 is 10.6 Å². The molecule has 2 fully saturated rings. The van der Waals surface area contributed by atoms with Crippen LogP contribution in [0.1, 0.15) is 0 Å². The molecule has 0 aromatic heterocycles. The minimum Gasteiger partial charge on any atom is -0.358 e. The maximum absolute atomic E-state index is 5.40. The molecule has 0 aromatic rings. The van der Waals surface area contributed by atoms with E-state index in [4.69, 9.17) is 9.47 Å². The summed E-state index contributed by atoms with van der Waals surface area (Å²) in [6.07, 6.45) is 0. The molecule has 2 aliphatic rings. The van der Waals surface area contributed by atoms with Gasteiger partial charge in [-0.1, -0.05) is 0 Å². The quantitative estimate of drug-likeness (QED) is 0.555. The Bertz CT molecular complexity index is 110. The highest BCUT2D eigenvalue weighted by molar-refractivity contribution is 7.39. The van der Waals surface area contributed by atoms with Crippen molar-refractivity contribution in [1.82, 2.24) is 10.6 Å². The van der Waals surface area contributed by atoms with E-state index in [9.17, 15) is 0 Å². The summed E-state index contributed by atoms with van der Waals surface area (Å²) in [5.41, 5.74) is 0. The zero-order valence-corrected chi connectivity index (χ0v) is 7.30. The van der Waals surface area contributed by atoms with Gasteiger partial charge in [0.05, 0.1) is 13.2 Å². The van der Waals surface area contributed by atoms with Gasteiger partial charge in [-0.2, -0.15) is 0 Å². The first-order valence-electron chi connectivity index (χ1n) is 3.91. The second kappa shape index (κ2) is 3.78. The molecule has 2 rings (SSSR count). The average Bonchev–Trinajstić information content (AvgIpc) is 2.60. The van der Waals surface area contributed by atoms with Crippen molar-refractivity contribution in [2.45, 2.75) is 11.9 Å². The van der Waals surface area contributed by atoms with E-state index in [0.717, 1.165) is 26.3 Å². The zero-order valence-electron chi connectivity index (χ0n) is 6.30. The lowest BCUT2D eigenvalue weighted by molar-refractivity contribution is 0.141. The van der Waals surface area contributed by atoms with Crippen molar-refractivity contribution >= 4 is 8.58 Å². The van der Waals surface area contributed by atoms with Gasteiger partial charge < -0.3 is 9.47 Å². The minimum absolute atomic E-state index is 0.227. The monoisotopic (exact) mass is 176 g/mol. The van der Waals surface area contributed by atoms with Gasteiger partial charge in [-0.25, -0.2) is 0 Å². The summed E-state index contributed by atoms with van der Waals surface area (Å²) >= 11 is 0. The second-order valence-corrected chi connectivity index (χ2v) is 3.96. The molecule has 2 heterocycles. The van der Waals surface area contributed by atoms with Gasteiger partial charge in [0.15, 0.2) is 0 Å². The van der Waals surface area contributed by atoms with Crippen LogP contribution in [0.15, 0.2) is 0 Å². The second-order valence-electron chi connectivity index (χ2n) is 2.58. The third kappa shape index (κ3) is 2.10. The van der Waals surface area contributed by atoms with Crippen LogP contribution in [0.4, 0.5) is 0 Å². The van der Waals surface area contributed by atoms with E-state index in [1.54, 1.807) is 0 Å². The highest BCUT2D eigenvalue weighted by atomic mass is 31.1. The van der Waals surface area contributed by atoms with Gasteiger partial charge in [0, 0.05) is 13.1 Å². The summed E-state index contributed by atoms with van der Waals surface area (Å²) in [6, 6.07) is 0. The van der Waals surface area contributed by atoms with E-state index < -0.39 is 0 Å². The molecular formula is C6H13N2O2P. The largest absolute Gasteiger partial charge is 0.358 e. The lowest BCUT2D eigenvalue weighted by Crippen LogP contribution is -2.25. The smallest absolute Gasteiger partial charge is 0.128 e. The Kier molecular flexibility index (Phi) is 2.72. The van der Waals surface area contributed by atoms with Gasteiger partial charge >= 0.3 is 0 Å². The summed E-state index contributed by atoms with van der Waals surface area (Å²) in [6.45, 7) is 3.63. The molecule has 0 bridgehead atoms. The molecule has 2 unspecified atom stereocenters. The maximum atomic E-state index is 5.40. The third-order valence-electron chi connectivity index (χ3n) is 1.74. The van der Waals surface area contributed by atoms with E-state index in [2.05, 4.69) is 10.6 Å². The Hall–Kier alpha value is 0.270. The molecule has 0 aliphatic carbocycles. The van der Waals surface area contributed by atoms with Gasteiger partial charge in [0.2, 0.25) is 0 Å². The Morgan fingerprint density at radius 2 is 1.55 bits per heavy atom. The minimum atomic E-state index is 0.227. The third-order valence-corrected chi connectivity index (χ3v) is 3.08. The Morgan fingerprint density at radius 1 is 1.00 bits per heavy atom. The molecule has 2 aliphatic heterocycles. The fourth-order valence-electron chi connectivity index (χ4n) is 1.20. The van der Waals surface area contributed by atoms with Crippen molar-refractivity contribution < 1.29 is 9.47 Å². The van der Waals surface area contributed by atoms with Crippen LogP contribution in [0, 0.1) is 0 Å². The van der Waals surface area contributed by atoms with E-state index in [0.29, 0.717) is 8.58 Å². The van der Waals surface area contributed by atoms with Gasteiger partial charge in [0.1, 0.15) is 11.9 Å². The number of hydrogen-bond donors (Lipinski definition) is 2. The first-order chi connectivity index (χ1) is 5.45. The molecule has 2 atom stereocenters. The fraction of sp³-hybridized carbons (Fsp3) is 1.00. The molecule has 0 spiro atoms. The lowest BCUT2D eigenvalue weighted by Gasteiger charge is -2.14. The van der Waals surface area contributed by atoms with E-state index in [1.807, 2.05) is 0 Å². The molecule has 0 amide bonds. The van der Waals surface area contributed by atoms with Crippen molar-refractivity contribution in [1.29, 1.82) is 0 Å². The van der Waals surface area contributed by atoms with Crippen LogP contribution in [0.2, 0.25) is 0 Å². The van der Waals surface area contributed by atoms with Crippen LogP contribution in [0.5, 0.6) is 0 Å². The summed E-state index contributed by atoms with van der Waals surface area (Å²) in [5, 5.41) is 6.51. The van der Waals surface area contributed by atoms with Crippen LogP contribution in [0.3, 0.4) is 0 Å². The van der Waals surface area contributed by atoms with Crippen molar-refractivity contribution in [3.8, 4) is 0 Å². The van der Waals surface area contributed by atoms with E-state index >= 15 is 0 Å². The Balaban J connectivity index is 1.71. The fourth-order valence-corrected chi connectivity index (χ4v) is 2.43. The molecule has 64 valence electrons. The topological polar surface area (TPSA) is 42.5 Å².